The van der Waals surface area contributed by atoms with Crippen molar-refractivity contribution in [2.75, 3.05) is 0 Å². The Bertz CT molecular complexity index is 373. The van der Waals surface area contributed by atoms with Crippen LogP contribution in [-0.4, -0.2) is 11.2 Å². The van der Waals surface area contributed by atoms with Crippen LogP contribution in [0.5, 0.6) is 0 Å². The Labute approximate surface area is 105 Å². The molecule has 0 amide bonds. The summed E-state index contributed by atoms with van der Waals surface area (Å²) >= 11 is 0. The number of rotatable bonds is 2. The molecule has 0 unspecified atom stereocenters. The quantitative estimate of drug-likeness (QED) is 0.812. The molecule has 0 aromatic heterocycles. The Morgan fingerprint density at radius 2 is 1.76 bits per heavy atom. The molecule has 0 saturated heterocycles. The molecule has 0 aliphatic heterocycles. The molecular formula is C16H24O. The fourth-order valence-electron chi connectivity index (χ4n) is 2.84. The van der Waals surface area contributed by atoms with Gasteiger partial charge in [-0.15, -0.1) is 0 Å². The molecule has 1 aromatic carbocycles. The lowest BCUT2D eigenvalue weighted by atomic mass is 9.80. The van der Waals surface area contributed by atoms with Gasteiger partial charge in [-0.3, -0.25) is 0 Å². The summed E-state index contributed by atoms with van der Waals surface area (Å²) in [6, 6.07) is 6.90. The third-order valence-corrected chi connectivity index (χ3v) is 4.11. The van der Waals surface area contributed by atoms with Crippen LogP contribution in [0.3, 0.4) is 0 Å². The summed E-state index contributed by atoms with van der Waals surface area (Å²) in [5.41, 5.74) is 4.37. The van der Waals surface area contributed by atoms with E-state index < -0.39 is 0 Å². The Balaban J connectivity index is 2.22. The van der Waals surface area contributed by atoms with Gasteiger partial charge in [0.25, 0.3) is 0 Å². The van der Waals surface area contributed by atoms with Gasteiger partial charge in [0.05, 0.1) is 6.10 Å². The van der Waals surface area contributed by atoms with E-state index in [-0.39, 0.29) is 6.10 Å². The van der Waals surface area contributed by atoms with Crippen molar-refractivity contribution in [1.29, 1.82) is 0 Å². The average molecular weight is 232 g/mol. The van der Waals surface area contributed by atoms with E-state index in [2.05, 4.69) is 39.0 Å². The molecule has 2 rings (SSSR count). The topological polar surface area (TPSA) is 20.2 Å². The number of aliphatic hydroxyl groups excluding tert-OH is 1. The summed E-state index contributed by atoms with van der Waals surface area (Å²) in [7, 11) is 0. The van der Waals surface area contributed by atoms with Crippen molar-refractivity contribution < 1.29 is 5.11 Å². The molecule has 0 radical (unpaired) electrons. The molecule has 0 atom stereocenters. The molecule has 1 fully saturated rings. The van der Waals surface area contributed by atoms with Crippen molar-refractivity contribution in [3.8, 4) is 0 Å². The lowest BCUT2D eigenvalue weighted by Gasteiger charge is -2.27. The highest BCUT2D eigenvalue weighted by Crippen LogP contribution is 2.35. The summed E-state index contributed by atoms with van der Waals surface area (Å²) in [4.78, 5) is 0. The summed E-state index contributed by atoms with van der Waals surface area (Å²) in [6.07, 6.45) is 4.17. The minimum Gasteiger partial charge on any atom is -0.393 e. The summed E-state index contributed by atoms with van der Waals surface area (Å²) in [5.74, 6) is 1.26. The fraction of sp³-hybridized carbons (Fsp3) is 0.625. The number of hydrogen-bond acceptors (Lipinski definition) is 1. The molecule has 1 heteroatoms. The van der Waals surface area contributed by atoms with E-state index >= 15 is 0 Å². The van der Waals surface area contributed by atoms with Gasteiger partial charge in [0, 0.05) is 0 Å². The van der Waals surface area contributed by atoms with Crippen LogP contribution in [0.2, 0.25) is 0 Å². The molecule has 0 spiro atoms. The first-order valence-corrected chi connectivity index (χ1v) is 6.86. The van der Waals surface area contributed by atoms with Crippen LogP contribution in [-0.2, 0) is 0 Å². The minimum atomic E-state index is -0.0557. The largest absolute Gasteiger partial charge is 0.393 e. The van der Waals surface area contributed by atoms with Crippen LogP contribution >= 0.6 is 0 Å². The highest BCUT2D eigenvalue weighted by atomic mass is 16.3. The van der Waals surface area contributed by atoms with Crippen molar-refractivity contribution in [2.24, 2.45) is 0 Å². The Hall–Kier alpha value is -0.820. The van der Waals surface area contributed by atoms with Crippen molar-refractivity contribution >= 4 is 0 Å². The van der Waals surface area contributed by atoms with E-state index in [1.54, 1.807) is 0 Å². The van der Waals surface area contributed by atoms with E-state index in [0.717, 1.165) is 25.7 Å². The van der Waals surface area contributed by atoms with Gasteiger partial charge in [0.15, 0.2) is 0 Å². The highest BCUT2D eigenvalue weighted by Gasteiger charge is 2.22. The molecule has 0 heterocycles. The van der Waals surface area contributed by atoms with E-state index in [0.29, 0.717) is 11.8 Å². The molecule has 1 aliphatic carbocycles. The first-order chi connectivity index (χ1) is 8.08. The van der Waals surface area contributed by atoms with Gasteiger partial charge >= 0.3 is 0 Å². The number of benzene rings is 1. The zero-order valence-electron chi connectivity index (χ0n) is 11.2. The third kappa shape index (κ3) is 2.90. The maximum absolute atomic E-state index is 9.59. The van der Waals surface area contributed by atoms with Crippen molar-refractivity contribution in [3.05, 3.63) is 34.9 Å². The Kier molecular flexibility index (Phi) is 3.88. The highest BCUT2D eigenvalue weighted by molar-refractivity contribution is 5.35. The number of aliphatic hydroxyl groups is 1. The Morgan fingerprint density at radius 1 is 1.12 bits per heavy atom. The SMILES string of the molecule is Cc1ccc(C(C)C)cc1C1CCC(O)CC1. The van der Waals surface area contributed by atoms with Gasteiger partial charge < -0.3 is 5.11 Å². The van der Waals surface area contributed by atoms with Gasteiger partial charge in [0.1, 0.15) is 0 Å². The van der Waals surface area contributed by atoms with Crippen LogP contribution in [0, 0.1) is 6.92 Å². The standard InChI is InChI=1S/C16H24O/c1-11(2)14-5-4-12(3)16(10-14)13-6-8-15(17)9-7-13/h4-5,10-11,13,15,17H,6-9H2,1-3H3. The maximum Gasteiger partial charge on any atom is 0.0540 e. The zero-order valence-corrected chi connectivity index (χ0v) is 11.2. The maximum atomic E-state index is 9.59. The molecule has 1 nitrogen and oxygen atoms in total. The van der Waals surface area contributed by atoms with Crippen LogP contribution in [0.25, 0.3) is 0 Å². The van der Waals surface area contributed by atoms with Gasteiger partial charge in [-0.2, -0.15) is 0 Å². The summed E-state index contributed by atoms with van der Waals surface area (Å²) < 4.78 is 0. The number of aryl methyl sites for hydroxylation is 1. The Morgan fingerprint density at radius 3 is 2.35 bits per heavy atom. The second-order valence-corrected chi connectivity index (χ2v) is 5.78. The molecule has 1 N–H and O–H groups in total. The van der Waals surface area contributed by atoms with Gasteiger partial charge in [-0.05, 0) is 61.1 Å². The predicted octanol–water partition coefficient (Wildman–Crippen LogP) is 4.14. The smallest absolute Gasteiger partial charge is 0.0540 e. The molecular weight excluding hydrogens is 208 g/mol. The minimum absolute atomic E-state index is 0.0557. The second kappa shape index (κ2) is 5.22. The molecule has 0 bridgehead atoms. The molecule has 1 saturated carbocycles. The third-order valence-electron chi connectivity index (χ3n) is 4.11. The van der Waals surface area contributed by atoms with Gasteiger partial charge in [-0.1, -0.05) is 32.0 Å². The summed E-state index contributed by atoms with van der Waals surface area (Å²) in [6.45, 7) is 6.71. The van der Waals surface area contributed by atoms with Crippen molar-refractivity contribution in [1.82, 2.24) is 0 Å². The van der Waals surface area contributed by atoms with Crippen LogP contribution < -0.4 is 0 Å². The van der Waals surface area contributed by atoms with Crippen molar-refractivity contribution in [3.63, 3.8) is 0 Å². The summed E-state index contributed by atoms with van der Waals surface area (Å²) in [5, 5.41) is 9.59. The van der Waals surface area contributed by atoms with E-state index in [1.807, 2.05) is 0 Å². The van der Waals surface area contributed by atoms with Gasteiger partial charge in [-0.25, -0.2) is 0 Å². The van der Waals surface area contributed by atoms with Crippen LogP contribution in [0.1, 0.15) is 68.1 Å². The molecule has 1 aromatic rings. The molecule has 1 aliphatic rings. The van der Waals surface area contributed by atoms with Crippen molar-refractivity contribution in [2.45, 2.75) is 64.4 Å². The molecule has 17 heavy (non-hydrogen) atoms. The molecule has 94 valence electrons. The second-order valence-electron chi connectivity index (χ2n) is 5.78. The predicted molar refractivity (Wildman–Crippen MR) is 72.5 cm³/mol. The van der Waals surface area contributed by atoms with Gasteiger partial charge in [0.2, 0.25) is 0 Å². The normalized spacial score (nSPS) is 25.2. The van der Waals surface area contributed by atoms with Crippen LogP contribution in [0.4, 0.5) is 0 Å². The average Bonchev–Trinajstić information content (AvgIpc) is 2.31. The lowest BCUT2D eigenvalue weighted by Crippen LogP contribution is -2.17. The fourth-order valence-corrected chi connectivity index (χ4v) is 2.84. The first-order valence-electron chi connectivity index (χ1n) is 6.86. The first kappa shape index (κ1) is 12.6. The zero-order chi connectivity index (χ0) is 12.4. The van der Waals surface area contributed by atoms with Crippen LogP contribution in [0.15, 0.2) is 18.2 Å². The number of hydrogen-bond donors (Lipinski definition) is 1. The monoisotopic (exact) mass is 232 g/mol. The van der Waals surface area contributed by atoms with E-state index in [4.69, 9.17) is 0 Å². The lowest BCUT2D eigenvalue weighted by molar-refractivity contribution is 0.122. The van der Waals surface area contributed by atoms with E-state index in [1.165, 1.54) is 16.7 Å². The van der Waals surface area contributed by atoms with E-state index in [9.17, 15) is 5.11 Å².